The summed E-state index contributed by atoms with van der Waals surface area (Å²) in [5.41, 5.74) is 1.17. The Kier molecular flexibility index (Phi) is 8.58. The Hall–Kier alpha value is 1.34. The molecule has 0 radical (unpaired) electrons. The summed E-state index contributed by atoms with van der Waals surface area (Å²) < 4.78 is 0. The number of rotatable bonds is 0. The zero-order chi connectivity index (χ0) is 9.56. The van der Waals surface area contributed by atoms with Crippen LogP contribution in [0.15, 0.2) is 24.3 Å². The Morgan fingerprint density at radius 2 is 1.42 bits per heavy atom. The van der Waals surface area contributed by atoms with Gasteiger partial charge in [-0.05, 0) is 19.1 Å². The quantitative estimate of drug-likeness (QED) is 0.642. The van der Waals surface area contributed by atoms with Gasteiger partial charge < -0.3 is 5.11 Å². The zero-order valence-corrected chi connectivity index (χ0v) is 13.6. The van der Waals surface area contributed by atoms with E-state index in [2.05, 4.69) is 36.7 Å². The van der Waals surface area contributed by atoms with Gasteiger partial charge in [0.1, 0.15) is 5.75 Å². The molecule has 12 heavy (non-hydrogen) atoms. The first kappa shape index (κ1) is 13.3. The van der Waals surface area contributed by atoms with Crippen LogP contribution in [0.2, 0.25) is 0 Å². The van der Waals surface area contributed by atoms with Gasteiger partial charge in [0.2, 0.25) is 0 Å². The van der Waals surface area contributed by atoms with Crippen LogP contribution in [-0.4, -0.2) is 5.11 Å². The molecule has 0 atom stereocenters. The molecule has 0 fully saturated rings. The van der Waals surface area contributed by atoms with Crippen LogP contribution in [0.4, 0.5) is 0 Å². The molecule has 0 aliphatic carbocycles. The van der Waals surface area contributed by atoms with Crippen molar-refractivity contribution in [2.24, 2.45) is 0 Å². The number of benzene rings is 1. The van der Waals surface area contributed by atoms with Crippen LogP contribution in [0.3, 0.4) is 0 Å². The van der Waals surface area contributed by atoms with E-state index in [0.717, 1.165) is 0 Å². The predicted octanol–water partition coefficient (Wildman–Crippen LogP) is 4.23. The van der Waals surface area contributed by atoms with Crippen molar-refractivity contribution in [1.82, 2.24) is 0 Å². The predicted molar refractivity (Wildman–Crippen MR) is 59.6 cm³/mol. The molecule has 0 unspecified atom stereocenters. The Bertz CT molecular complexity index is 189. The summed E-state index contributed by atoms with van der Waals surface area (Å²) in [6, 6.07) is 7.09. The molecule has 0 spiro atoms. The van der Waals surface area contributed by atoms with Crippen molar-refractivity contribution in [1.29, 1.82) is 0 Å². The molecule has 1 nitrogen and oxygen atoms in total. The maximum atomic E-state index is 8.76. The van der Waals surface area contributed by atoms with Crippen LogP contribution in [0.1, 0.15) is 5.56 Å². The minimum atomic E-state index is -1.11. The van der Waals surface area contributed by atoms with Crippen LogP contribution in [0.25, 0.3) is 0 Å². The molecule has 67 valence electrons. The average Bonchev–Trinajstić information content (AvgIpc) is 1.94. The Morgan fingerprint density at radius 1 is 1.08 bits per heavy atom. The molecule has 0 amide bonds. The topological polar surface area (TPSA) is 20.2 Å². The molecular weight excluding hydrogens is 431 g/mol. The molecule has 1 aromatic rings. The maximum absolute atomic E-state index is 8.76. The van der Waals surface area contributed by atoms with E-state index in [1.54, 1.807) is 12.1 Å². The second-order valence-electron chi connectivity index (χ2n) is 2.05. The van der Waals surface area contributed by atoms with Crippen LogP contribution in [0.5, 0.6) is 5.75 Å². The average molecular weight is 439 g/mol. The first-order valence-electron chi connectivity index (χ1n) is 3.11. The minimum absolute atomic E-state index is 0.329. The van der Waals surface area contributed by atoms with Crippen molar-refractivity contribution in [3.63, 3.8) is 0 Å². The molecule has 0 heterocycles. The van der Waals surface area contributed by atoms with Crippen LogP contribution in [-0.2, 0) is 14.7 Å². The SMILES string of the molecule is Cc1ccc(O)cc1.[Br][Zr]([Br])[Br]. The fourth-order valence-electron chi connectivity index (χ4n) is 0.545. The van der Waals surface area contributed by atoms with E-state index in [9.17, 15) is 0 Å². The normalized spacial score (nSPS) is 8.33. The van der Waals surface area contributed by atoms with E-state index in [-0.39, 0.29) is 0 Å². The van der Waals surface area contributed by atoms with Gasteiger partial charge in [0.25, 0.3) is 0 Å². The third-order valence-electron chi connectivity index (χ3n) is 1.03. The molecule has 0 aliphatic rings. The van der Waals surface area contributed by atoms with E-state index in [1.807, 2.05) is 19.1 Å². The van der Waals surface area contributed by atoms with Gasteiger partial charge in [-0.25, -0.2) is 0 Å². The molecule has 1 aromatic carbocycles. The van der Waals surface area contributed by atoms with Crippen molar-refractivity contribution in [2.75, 3.05) is 0 Å². The second kappa shape index (κ2) is 7.72. The number of aryl methyl sites for hydroxylation is 1. The first-order valence-corrected chi connectivity index (χ1v) is 20.0. The van der Waals surface area contributed by atoms with Crippen molar-refractivity contribution in [2.45, 2.75) is 6.92 Å². The van der Waals surface area contributed by atoms with Crippen LogP contribution >= 0.6 is 36.7 Å². The van der Waals surface area contributed by atoms with Crippen molar-refractivity contribution in [3.05, 3.63) is 29.8 Å². The molecule has 1 N–H and O–H groups in total. The first-order chi connectivity index (χ1) is 5.52. The number of hydrogen-bond donors (Lipinski definition) is 1. The number of phenols is 1. The summed E-state index contributed by atoms with van der Waals surface area (Å²) in [5.74, 6) is 0.329. The summed E-state index contributed by atoms with van der Waals surface area (Å²) >= 11 is 8.80. The van der Waals surface area contributed by atoms with Gasteiger partial charge in [-0.3, -0.25) is 0 Å². The summed E-state index contributed by atoms with van der Waals surface area (Å²) in [4.78, 5) is 0. The summed E-state index contributed by atoms with van der Waals surface area (Å²) in [7, 11) is 0. The summed E-state index contributed by atoms with van der Waals surface area (Å²) in [6.45, 7) is 1.99. The molecule has 0 saturated carbocycles. The summed E-state index contributed by atoms with van der Waals surface area (Å²) in [6.07, 6.45) is 0. The number of aromatic hydroxyl groups is 1. The van der Waals surface area contributed by atoms with Gasteiger partial charge in [-0.15, -0.1) is 0 Å². The van der Waals surface area contributed by atoms with E-state index >= 15 is 0 Å². The van der Waals surface area contributed by atoms with Crippen LogP contribution in [0, 0.1) is 6.92 Å². The van der Waals surface area contributed by atoms with E-state index < -0.39 is 14.7 Å². The van der Waals surface area contributed by atoms with E-state index in [0.29, 0.717) is 5.75 Å². The number of halogens is 3. The van der Waals surface area contributed by atoms with Gasteiger partial charge in [-0.1, -0.05) is 17.7 Å². The third kappa shape index (κ3) is 9.43. The van der Waals surface area contributed by atoms with Crippen LogP contribution < -0.4 is 0 Å². The molecule has 0 saturated heterocycles. The molecular formula is C7H8Br3OZr. The Labute approximate surface area is 97.6 Å². The van der Waals surface area contributed by atoms with Crippen molar-refractivity contribution >= 4 is 36.7 Å². The Balaban J connectivity index is 0.000000261. The van der Waals surface area contributed by atoms with E-state index in [1.165, 1.54) is 5.56 Å². The molecule has 5 heteroatoms. The van der Waals surface area contributed by atoms with Gasteiger partial charge in [0, 0.05) is 0 Å². The van der Waals surface area contributed by atoms with Gasteiger partial charge >= 0.3 is 51.4 Å². The monoisotopic (exact) mass is 435 g/mol. The van der Waals surface area contributed by atoms with Crippen molar-refractivity contribution in [3.8, 4) is 5.75 Å². The zero-order valence-electron chi connectivity index (χ0n) is 6.39. The second-order valence-corrected chi connectivity index (χ2v) is 36.1. The van der Waals surface area contributed by atoms with Gasteiger partial charge in [-0.2, -0.15) is 0 Å². The Morgan fingerprint density at radius 3 is 1.67 bits per heavy atom. The number of hydrogen-bond acceptors (Lipinski definition) is 1. The fourth-order valence-corrected chi connectivity index (χ4v) is 0.545. The standard InChI is InChI=1S/C7H8O.3BrH.Zr/c1-6-2-4-7(8)5-3-6;;;;/h2-5,8H,1H3;3*1H;/q;;;;+3/p-3. The fraction of sp³-hybridized carbons (Fsp3) is 0.143. The molecule has 0 aliphatic heterocycles. The van der Waals surface area contributed by atoms with Crippen molar-refractivity contribution < 1.29 is 19.8 Å². The van der Waals surface area contributed by atoms with Gasteiger partial charge in [0.15, 0.2) is 0 Å². The third-order valence-corrected chi connectivity index (χ3v) is 1.03. The number of phenolic OH excluding ortho intramolecular Hbond substituents is 1. The summed E-state index contributed by atoms with van der Waals surface area (Å²) in [5, 5.41) is 8.76. The molecule has 0 aromatic heterocycles. The van der Waals surface area contributed by atoms with Gasteiger partial charge in [0.05, 0.1) is 0 Å². The molecule has 0 bridgehead atoms. The van der Waals surface area contributed by atoms with E-state index in [4.69, 9.17) is 5.11 Å². The molecule has 1 rings (SSSR count).